The maximum absolute atomic E-state index is 11.1. The Morgan fingerprint density at radius 2 is 2.16 bits per heavy atom. The first-order chi connectivity index (χ1) is 8.94. The highest BCUT2D eigenvalue weighted by atomic mass is 16.1. The van der Waals surface area contributed by atoms with E-state index in [9.17, 15) is 4.79 Å². The first-order valence-corrected chi connectivity index (χ1v) is 5.96. The van der Waals surface area contributed by atoms with Gasteiger partial charge in [-0.05, 0) is 26.0 Å². The minimum atomic E-state index is -0.545. The molecule has 0 saturated heterocycles. The van der Waals surface area contributed by atoms with E-state index in [4.69, 9.17) is 11.5 Å². The van der Waals surface area contributed by atoms with Crippen molar-refractivity contribution >= 4 is 5.91 Å². The Morgan fingerprint density at radius 1 is 1.42 bits per heavy atom. The van der Waals surface area contributed by atoms with Crippen LogP contribution >= 0.6 is 0 Å². The predicted molar refractivity (Wildman–Crippen MR) is 72.4 cm³/mol. The quantitative estimate of drug-likeness (QED) is 0.845. The van der Waals surface area contributed by atoms with Crippen molar-refractivity contribution in [2.75, 3.05) is 6.54 Å². The topological polar surface area (TPSA) is 99.8 Å². The molecule has 0 aliphatic heterocycles. The van der Waals surface area contributed by atoms with Gasteiger partial charge in [0, 0.05) is 18.3 Å². The second-order valence-corrected chi connectivity index (χ2v) is 4.96. The Balaban J connectivity index is 2.38. The number of hydrogen-bond acceptors (Lipinski definition) is 4. The third-order valence-corrected chi connectivity index (χ3v) is 3.00. The van der Waals surface area contributed by atoms with Crippen molar-refractivity contribution in [1.29, 1.82) is 0 Å². The molecule has 4 N–H and O–H groups in total. The molecular weight excluding hydrogens is 242 g/mol. The average molecular weight is 259 g/mol. The molecule has 0 spiro atoms. The van der Waals surface area contributed by atoms with Gasteiger partial charge in [0.15, 0.2) is 0 Å². The van der Waals surface area contributed by atoms with E-state index in [1.807, 2.05) is 26.1 Å². The van der Waals surface area contributed by atoms with Gasteiger partial charge < -0.3 is 11.5 Å². The molecule has 2 heterocycles. The molecule has 0 aliphatic carbocycles. The van der Waals surface area contributed by atoms with E-state index in [-0.39, 0.29) is 11.2 Å². The van der Waals surface area contributed by atoms with Crippen LogP contribution in [0.3, 0.4) is 0 Å². The fraction of sp³-hybridized carbons (Fsp3) is 0.308. The Kier molecular flexibility index (Phi) is 3.35. The van der Waals surface area contributed by atoms with Crippen molar-refractivity contribution in [3.8, 4) is 11.3 Å². The van der Waals surface area contributed by atoms with Crippen molar-refractivity contribution in [3.63, 3.8) is 0 Å². The van der Waals surface area contributed by atoms with Gasteiger partial charge in [0.25, 0.3) is 5.91 Å². The van der Waals surface area contributed by atoms with E-state index < -0.39 is 5.91 Å². The Hall–Kier alpha value is -2.21. The van der Waals surface area contributed by atoms with Gasteiger partial charge in [-0.25, -0.2) is 4.98 Å². The summed E-state index contributed by atoms with van der Waals surface area (Å²) in [7, 11) is 0. The number of carbonyl (C=O) groups is 1. The van der Waals surface area contributed by atoms with Crippen LogP contribution in [-0.4, -0.2) is 27.2 Å². The van der Waals surface area contributed by atoms with Gasteiger partial charge >= 0.3 is 0 Å². The molecule has 100 valence electrons. The minimum absolute atomic E-state index is 0.239. The molecule has 0 atom stereocenters. The molecule has 0 aliphatic rings. The summed E-state index contributed by atoms with van der Waals surface area (Å²) in [5.74, 6) is -0.545. The number of nitrogens with zero attached hydrogens (tertiary/aromatic N) is 3. The lowest BCUT2D eigenvalue weighted by atomic mass is 10.1. The Bertz CT molecular complexity index is 603. The van der Waals surface area contributed by atoms with Gasteiger partial charge in [0.2, 0.25) is 0 Å². The molecule has 19 heavy (non-hydrogen) atoms. The molecule has 6 nitrogen and oxygen atoms in total. The molecule has 0 saturated carbocycles. The highest BCUT2D eigenvalue weighted by Gasteiger charge is 2.19. The van der Waals surface area contributed by atoms with Gasteiger partial charge in [-0.15, -0.1) is 0 Å². The molecule has 0 radical (unpaired) electrons. The van der Waals surface area contributed by atoms with Gasteiger partial charge in [-0.3, -0.25) is 9.48 Å². The van der Waals surface area contributed by atoms with Crippen LogP contribution in [0.1, 0.15) is 24.3 Å². The molecule has 1 amide bonds. The van der Waals surface area contributed by atoms with Crippen LogP contribution in [0, 0.1) is 0 Å². The van der Waals surface area contributed by atoms with Crippen molar-refractivity contribution in [2.24, 2.45) is 11.5 Å². The number of pyridine rings is 1. The number of primary amides is 1. The third-order valence-electron chi connectivity index (χ3n) is 3.00. The number of hydrogen-bond donors (Lipinski definition) is 2. The molecule has 0 fully saturated rings. The average Bonchev–Trinajstić information content (AvgIpc) is 2.89. The van der Waals surface area contributed by atoms with Crippen LogP contribution in [0.5, 0.6) is 0 Å². The largest absolute Gasteiger partial charge is 0.364 e. The lowest BCUT2D eigenvalue weighted by Crippen LogP contribution is -2.35. The van der Waals surface area contributed by atoms with Crippen LogP contribution in [-0.2, 0) is 5.54 Å². The molecule has 2 aromatic rings. The van der Waals surface area contributed by atoms with Crippen LogP contribution in [0.4, 0.5) is 0 Å². The molecule has 0 bridgehead atoms. The van der Waals surface area contributed by atoms with Crippen molar-refractivity contribution in [2.45, 2.75) is 19.4 Å². The summed E-state index contributed by atoms with van der Waals surface area (Å²) in [4.78, 5) is 15.3. The van der Waals surface area contributed by atoms with Crippen LogP contribution < -0.4 is 11.5 Å². The second-order valence-electron chi connectivity index (χ2n) is 4.96. The zero-order chi connectivity index (χ0) is 14.0. The van der Waals surface area contributed by atoms with Crippen molar-refractivity contribution < 1.29 is 4.79 Å². The monoisotopic (exact) mass is 259 g/mol. The smallest absolute Gasteiger partial charge is 0.267 e. The highest BCUT2D eigenvalue weighted by molar-refractivity contribution is 5.91. The first kappa shape index (κ1) is 13.2. The van der Waals surface area contributed by atoms with Gasteiger partial charge in [0.05, 0.1) is 17.4 Å². The second kappa shape index (κ2) is 4.81. The van der Waals surface area contributed by atoms with Gasteiger partial charge in [-0.2, -0.15) is 5.10 Å². The van der Waals surface area contributed by atoms with Crippen molar-refractivity contribution in [1.82, 2.24) is 14.8 Å². The van der Waals surface area contributed by atoms with E-state index >= 15 is 0 Å². The summed E-state index contributed by atoms with van der Waals surface area (Å²) in [5, 5.41) is 4.29. The van der Waals surface area contributed by atoms with Crippen LogP contribution in [0.15, 0.2) is 30.6 Å². The SMILES string of the molecule is CC(C)(CN)n1cc(-c2cccc(C(N)=O)n2)cn1. The molecule has 0 aromatic carbocycles. The fourth-order valence-electron chi connectivity index (χ4n) is 1.61. The maximum atomic E-state index is 11.1. The number of nitrogens with two attached hydrogens (primary N) is 2. The van der Waals surface area contributed by atoms with E-state index in [1.165, 1.54) is 0 Å². The van der Waals surface area contributed by atoms with Crippen molar-refractivity contribution in [3.05, 3.63) is 36.3 Å². The van der Waals surface area contributed by atoms with E-state index in [1.54, 1.807) is 23.0 Å². The summed E-state index contributed by atoms with van der Waals surface area (Å²) in [5.41, 5.74) is 12.4. The Labute approximate surface area is 111 Å². The normalized spacial score (nSPS) is 11.5. The minimum Gasteiger partial charge on any atom is -0.364 e. The van der Waals surface area contributed by atoms with E-state index in [2.05, 4.69) is 10.1 Å². The van der Waals surface area contributed by atoms with Gasteiger partial charge in [0.1, 0.15) is 5.69 Å². The lowest BCUT2D eigenvalue weighted by molar-refractivity contribution is 0.0995. The zero-order valence-corrected chi connectivity index (χ0v) is 11.0. The summed E-state index contributed by atoms with van der Waals surface area (Å²) in [6.07, 6.45) is 3.56. The summed E-state index contributed by atoms with van der Waals surface area (Å²) >= 11 is 0. The van der Waals surface area contributed by atoms with Gasteiger partial charge in [-0.1, -0.05) is 6.07 Å². The Morgan fingerprint density at radius 3 is 2.79 bits per heavy atom. The zero-order valence-electron chi connectivity index (χ0n) is 11.0. The summed E-state index contributed by atoms with van der Waals surface area (Å²) in [6.45, 7) is 4.47. The number of rotatable bonds is 4. The number of aromatic nitrogens is 3. The number of carbonyl (C=O) groups excluding carboxylic acids is 1. The van der Waals surface area contributed by atoms with Crippen LogP contribution in [0.25, 0.3) is 11.3 Å². The third kappa shape index (κ3) is 2.63. The lowest BCUT2D eigenvalue weighted by Gasteiger charge is -2.22. The maximum Gasteiger partial charge on any atom is 0.267 e. The summed E-state index contributed by atoms with van der Waals surface area (Å²) < 4.78 is 1.79. The summed E-state index contributed by atoms with van der Waals surface area (Å²) in [6, 6.07) is 5.14. The van der Waals surface area contributed by atoms with E-state index in [0.717, 1.165) is 5.56 Å². The fourth-order valence-corrected chi connectivity index (χ4v) is 1.61. The molecular formula is C13H17N5O. The predicted octanol–water partition coefficient (Wildman–Crippen LogP) is 0.738. The van der Waals surface area contributed by atoms with Crippen LogP contribution in [0.2, 0.25) is 0 Å². The first-order valence-electron chi connectivity index (χ1n) is 5.96. The molecule has 6 heteroatoms. The molecule has 2 aromatic heterocycles. The van der Waals surface area contributed by atoms with E-state index in [0.29, 0.717) is 12.2 Å². The molecule has 0 unspecified atom stereocenters. The molecule has 2 rings (SSSR count). The number of amides is 1. The highest BCUT2D eigenvalue weighted by Crippen LogP contribution is 2.20. The standard InChI is InChI=1S/C13H17N5O/c1-13(2,8-14)18-7-9(6-16-18)10-4-3-5-11(17-10)12(15)19/h3-7H,8,14H2,1-2H3,(H2,15,19).